The van der Waals surface area contributed by atoms with Crippen molar-refractivity contribution in [2.24, 2.45) is 11.3 Å². The lowest BCUT2D eigenvalue weighted by Gasteiger charge is -2.51. The molecule has 1 heterocycles. The van der Waals surface area contributed by atoms with Crippen LogP contribution in [0.4, 0.5) is 4.79 Å². The minimum atomic E-state index is -0.446. The minimum absolute atomic E-state index is 0.0630. The molecule has 2 rings (SSSR count). The van der Waals surface area contributed by atoms with Gasteiger partial charge >= 0.3 is 12.1 Å². The minimum Gasteiger partial charge on any atom is -0.469 e. The quantitative estimate of drug-likeness (QED) is 0.694. The van der Waals surface area contributed by atoms with Crippen LogP contribution >= 0.6 is 0 Å². The Morgan fingerprint density at radius 2 is 1.70 bits per heavy atom. The van der Waals surface area contributed by atoms with Gasteiger partial charge in [-0.3, -0.25) is 4.79 Å². The van der Waals surface area contributed by atoms with Crippen molar-refractivity contribution in [3.63, 3.8) is 0 Å². The van der Waals surface area contributed by atoms with E-state index in [0.29, 0.717) is 0 Å². The smallest absolute Gasteiger partial charge is 0.410 e. The molecule has 0 bridgehead atoms. The average molecular weight is 283 g/mol. The number of methoxy groups -OCH3 is 1. The fraction of sp³-hybridized carbons (Fsp3) is 0.867. The summed E-state index contributed by atoms with van der Waals surface area (Å²) < 4.78 is 10.2. The maximum atomic E-state index is 12.0. The van der Waals surface area contributed by atoms with Crippen LogP contribution in [0.1, 0.15) is 46.5 Å². The van der Waals surface area contributed by atoms with Gasteiger partial charge < -0.3 is 14.4 Å². The van der Waals surface area contributed by atoms with Crippen molar-refractivity contribution in [2.75, 3.05) is 20.2 Å². The largest absolute Gasteiger partial charge is 0.469 e. The van der Waals surface area contributed by atoms with Crippen LogP contribution in [0.5, 0.6) is 0 Å². The topological polar surface area (TPSA) is 55.8 Å². The van der Waals surface area contributed by atoms with Gasteiger partial charge in [-0.05, 0) is 51.9 Å². The summed E-state index contributed by atoms with van der Waals surface area (Å²) in [6, 6.07) is 0. The van der Waals surface area contributed by atoms with Gasteiger partial charge in [-0.25, -0.2) is 4.79 Å². The summed E-state index contributed by atoms with van der Waals surface area (Å²) in [6.45, 7) is 7.08. The average Bonchev–Trinajstić information content (AvgIpc) is 2.33. The molecular formula is C15H25NO4. The molecule has 1 amide bonds. The van der Waals surface area contributed by atoms with Crippen molar-refractivity contribution in [2.45, 2.75) is 52.1 Å². The normalized spacial score (nSPS) is 22.3. The van der Waals surface area contributed by atoms with Crippen molar-refractivity contribution in [3.8, 4) is 0 Å². The molecule has 2 aliphatic rings. The molecule has 1 saturated heterocycles. The number of nitrogens with zero attached hydrogens (tertiary/aromatic N) is 1. The van der Waals surface area contributed by atoms with Gasteiger partial charge in [0.25, 0.3) is 0 Å². The number of esters is 1. The maximum absolute atomic E-state index is 12.0. The van der Waals surface area contributed by atoms with Crippen LogP contribution in [-0.4, -0.2) is 42.8 Å². The lowest BCUT2D eigenvalue weighted by molar-refractivity contribution is -0.156. The molecule has 0 aromatic heterocycles. The molecule has 2 fully saturated rings. The molecule has 0 N–H and O–H groups in total. The third kappa shape index (κ3) is 3.25. The number of likely N-dealkylation sites (tertiary alicyclic amines) is 1. The van der Waals surface area contributed by atoms with Crippen LogP contribution in [0.3, 0.4) is 0 Å². The second-order valence-electron chi connectivity index (χ2n) is 7.10. The van der Waals surface area contributed by atoms with Gasteiger partial charge in [-0.2, -0.15) is 0 Å². The zero-order valence-electron chi connectivity index (χ0n) is 12.9. The van der Waals surface area contributed by atoms with E-state index in [2.05, 4.69) is 0 Å². The maximum Gasteiger partial charge on any atom is 0.410 e. The molecule has 0 radical (unpaired) electrons. The first-order chi connectivity index (χ1) is 9.25. The Kier molecular flexibility index (Phi) is 3.98. The number of hydrogen-bond acceptors (Lipinski definition) is 4. The van der Waals surface area contributed by atoms with E-state index in [-0.39, 0.29) is 23.4 Å². The Morgan fingerprint density at radius 1 is 1.15 bits per heavy atom. The Hall–Kier alpha value is -1.26. The van der Waals surface area contributed by atoms with Crippen molar-refractivity contribution >= 4 is 12.1 Å². The van der Waals surface area contributed by atoms with E-state index in [4.69, 9.17) is 9.47 Å². The van der Waals surface area contributed by atoms with Gasteiger partial charge in [0.15, 0.2) is 0 Å². The lowest BCUT2D eigenvalue weighted by atomic mass is 9.57. The standard InChI is InChI=1S/C15H25NO4/c1-14(2,3)20-13(18)16-7-5-15(6-8-16)9-11(10-15)12(17)19-4/h11H,5-10H2,1-4H3. The van der Waals surface area contributed by atoms with Crippen molar-refractivity contribution < 1.29 is 19.1 Å². The van der Waals surface area contributed by atoms with E-state index in [1.165, 1.54) is 7.11 Å². The predicted molar refractivity (Wildman–Crippen MR) is 74.2 cm³/mol. The molecule has 1 aliphatic carbocycles. The van der Waals surface area contributed by atoms with E-state index >= 15 is 0 Å². The van der Waals surface area contributed by atoms with Gasteiger partial charge in [0.2, 0.25) is 0 Å². The Balaban J connectivity index is 1.79. The van der Waals surface area contributed by atoms with E-state index in [0.717, 1.165) is 38.8 Å². The third-order valence-corrected chi connectivity index (χ3v) is 4.37. The van der Waals surface area contributed by atoms with E-state index in [1.54, 1.807) is 4.90 Å². The number of carbonyl (C=O) groups excluding carboxylic acids is 2. The van der Waals surface area contributed by atoms with Gasteiger partial charge in [0.1, 0.15) is 5.60 Å². The Bertz CT molecular complexity index is 383. The monoisotopic (exact) mass is 283 g/mol. The zero-order valence-corrected chi connectivity index (χ0v) is 12.9. The highest BCUT2D eigenvalue weighted by molar-refractivity contribution is 5.73. The number of ether oxygens (including phenoxy) is 2. The van der Waals surface area contributed by atoms with Crippen molar-refractivity contribution in [1.29, 1.82) is 0 Å². The first-order valence-electron chi connectivity index (χ1n) is 7.30. The molecule has 0 aromatic carbocycles. The van der Waals surface area contributed by atoms with Crippen molar-refractivity contribution in [1.82, 2.24) is 4.90 Å². The summed E-state index contributed by atoms with van der Waals surface area (Å²) in [5.41, 5.74) is -0.198. The molecule has 5 heteroatoms. The molecule has 20 heavy (non-hydrogen) atoms. The molecule has 114 valence electrons. The number of amides is 1. The second-order valence-corrected chi connectivity index (χ2v) is 7.10. The van der Waals surface area contributed by atoms with E-state index in [1.807, 2.05) is 20.8 Å². The van der Waals surface area contributed by atoms with Gasteiger partial charge in [0.05, 0.1) is 13.0 Å². The molecule has 0 unspecified atom stereocenters. The second kappa shape index (κ2) is 5.26. The summed E-state index contributed by atoms with van der Waals surface area (Å²) in [5.74, 6) is -0.0294. The SMILES string of the molecule is COC(=O)C1CC2(CCN(C(=O)OC(C)(C)C)CC2)C1. The molecule has 0 atom stereocenters. The first-order valence-corrected chi connectivity index (χ1v) is 7.30. The van der Waals surface area contributed by atoms with Crippen LogP contribution in [0, 0.1) is 11.3 Å². The van der Waals surface area contributed by atoms with E-state index in [9.17, 15) is 9.59 Å². The van der Waals surface area contributed by atoms with E-state index < -0.39 is 5.60 Å². The van der Waals surface area contributed by atoms with Gasteiger partial charge in [0, 0.05) is 13.1 Å². The molecule has 1 saturated carbocycles. The summed E-state index contributed by atoms with van der Waals surface area (Å²) in [7, 11) is 1.44. The summed E-state index contributed by atoms with van der Waals surface area (Å²) in [6.07, 6.45) is 3.50. The summed E-state index contributed by atoms with van der Waals surface area (Å²) in [5, 5.41) is 0. The van der Waals surface area contributed by atoms with Gasteiger partial charge in [-0.15, -0.1) is 0 Å². The highest BCUT2D eigenvalue weighted by Crippen LogP contribution is 2.52. The molecule has 5 nitrogen and oxygen atoms in total. The number of piperidine rings is 1. The number of carbonyl (C=O) groups is 2. The molecular weight excluding hydrogens is 258 g/mol. The van der Waals surface area contributed by atoms with Crippen molar-refractivity contribution in [3.05, 3.63) is 0 Å². The van der Waals surface area contributed by atoms with Crippen LogP contribution in [0.15, 0.2) is 0 Å². The molecule has 1 spiro atoms. The Labute approximate surface area is 120 Å². The van der Waals surface area contributed by atoms with Gasteiger partial charge in [-0.1, -0.05) is 0 Å². The summed E-state index contributed by atoms with van der Waals surface area (Å²) in [4.78, 5) is 25.2. The molecule has 1 aliphatic heterocycles. The zero-order chi connectivity index (χ0) is 15.0. The first kappa shape index (κ1) is 15.1. The van der Waals surface area contributed by atoms with Crippen LogP contribution in [0.25, 0.3) is 0 Å². The lowest BCUT2D eigenvalue weighted by Crippen LogP contribution is -2.51. The third-order valence-electron chi connectivity index (χ3n) is 4.37. The van der Waals surface area contributed by atoms with Crippen LogP contribution in [-0.2, 0) is 14.3 Å². The number of rotatable bonds is 1. The van der Waals surface area contributed by atoms with Crippen LogP contribution in [0.2, 0.25) is 0 Å². The molecule has 0 aromatic rings. The highest BCUT2D eigenvalue weighted by Gasteiger charge is 2.49. The van der Waals surface area contributed by atoms with Crippen LogP contribution < -0.4 is 0 Å². The fourth-order valence-electron chi connectivity index (χ4n) is 3.22. The summed E-state index contributed by atoms with van der Waals surface area (Å²) >= 11 is 0. The number of hydrogen-bond donors (Lipinski definition) is 0. The Morgan fingerprint density at radius 3 is 2.15 bits per heavy atom. The highest BCUT2D eigenvalue weighted by atomic mass is 16.6. The fourth-order valence-corrected chi connectivity index (χ4v) is 3.22. The predicted octanol–water partition coefficient (Wildman–Crippen LogP) is 2.59.